The number of amides is 1. The number of hydrogen-bond donors (Lipinski definition) is 1. The molecule has 4 rings (SSSR count). The Kier molecular flexibility index (Phi) is 4.12. The van der Waals surface area contributed by atoms with E-state index in [1.807, 2.05) is 30.2 Å². The van der Waals surface area contributed by atoms with Gasteiger partial charge < -0.3 is 14.6 Å². The van der Waals surface area contributed by atoms with E-state index >= 15 is 0 Å². The van der Waals surface area contributed by atoms with Gasteiger partial charge in [-0.05, 0) is 18.6 Å². The highest BCUT2D eigenvalue weighted by atomic mass is 16.5. The molecule has 2 unspecified atom stereocenters. The Morgan fingerprint density at radius 3 is 2.83 bits per heavy atom. The number of nitrogens with one attached hydrogen (secondary N) is 1. The first-order chi connectivity index (χ1) is 11.7. The Balaban J connectivity index is 1.48. The van der Waals surface area contributed by atoms with Gasteiger partial charge in [0.05, 0.1) is 24.3 Å². The van der Waals surface area contributed by atoms with Crippen LogP contribution in [0, 0.1) is 6.92 Å². The van der Waals surface area contributed by atoms with Crippen molar-refractivity contribution in [2.75, 3.05) is 26.2 Å². The average Bonchev–Trinajstić information content (AvgIpc) is 3.22. The summed E-state index contributed by atoms with van der Waals surface area (Å²) >= 11 is 0. The van der Waals surface area contributed by atoms with Crippen molar-refractivity contribution < 1.29 is 9.53 Å². The molecule has 2 aliphatic rings. The van der Waals surface area contributed by atoms with Crippen molar-refractivity contribution in [1.82, 2.24) is 14.8 Å². The number of nitrogens with zero attached hydrogens (tertiary/aromatic N) is 2. The second kappa shape index (κ2) is 6.42. The Hall–Kier alpha value is -2.11. The smallest absolute Gasteiger partial charge is 0.255 e. The molecule has 3 heterocycles. The lowest BCUT2D eigenvalue weighted by atomic mass is 10.1. The van der Waals surface area contributed by atoms with E-state index in [1.165, 1.54) is 5.56 Å². The molecule has 2 aliphatic heterocycles. The van der Waals surface area contributed by atoms with Gasteiger partial charge in [-0.3, -0.25) is 9.69 Å². The third-order valence-corrected chi connectivity index (χ3v) is 5.12. The molecule has 1 aromatic heterocycles. The van der Waals surface area contributed by atoms with Crippen molar-refractivity contribution in [2.24, 2.45) is 0 Å². The molecule has 1 aromatic carbocycles. The SMILES string of the molecule is Cc1[nH]ccc1C(=O)N1CC2OCCN(Cc3ccccc3)C2C1. The molecule has 0 spiro atoms. The van der Waals surface area contributed by atoms with Crippen LogP contribution in [0.3, 0.4) is 0 Å². The minimum atomic E-state index is 0.103. The first-order valence-corrected chi connectivity index (χ1v) is 8.55. The van der Waals surface area contributed by atoms with Crippen LogP contribution in [0.2, 0.25) is 0 Å². The summed E-state index contributed by atoms with van der Waals surface area (Å²) in [6.07, 6.45) is 1.94. The third-order valence-electron chi connectivity index (χ3n) is 5.12. The van der Waals surface area contributed by atoms with Crippen LogP contribution in [-0.4, -0.2) is 59.1 Å². The maximum atomic E-state index is 12.8. The minimum absolute atomic E-state index is 0.103. The molecule has 5 heteroatoms. The maximum absolute atomic E-state index is 12.8. The normalized spacial score (nSPS) is 24.1. The summed E-state index contributed by atoms with van der Waals surface area (Å²) in [6, 6.07) is 12.7. The average molecular weight is 325 g/mol. The Morgan fingerprint density at radius 1 is 1.25 bits per heavy atom. The van der Waals surface area contributed by atoms with Crippen LogP contribution in [-0.2, 0) is 11.3 Å². The number of morpholine rings is 1. The van der Waals surface area contributed by atoms with Gasteiger partial charge in [0.1, 0.15) is 0 Å². The molecule has 2 fully saturated rings. The van der Waals surface area contributed by atoms with E-state index in [0.717, 1.165) is 37.5 Å². The molecule has 2 saturated heterocycles. The van der Waals surface area contributed by atoms with Crippen molar-refractivity contribution in [2.45, 2.75) is 25.6 Å². The predicted molar refractivity (Wildman–Crippen MR) is 91.8 cm³/mol. The number of rotatable bonds is 3. The molecule has 2 atom stereocenters. The Morgan fingerprint density at radius 2 is 2.08 bits per heavy atom. The van der Waals surface area contributed by atoms with Gasteiger partial charge in [0, 0.05) is 38.1 Å². The second-order valence-electron chi connectivity index (χ2n) is 6.66. The molecule has 0 aliphatic carbocycles. The first kappa shape index (κ1) is 15.4. The summed E-state index contributed by atoms with van der Waals surface area (Å²) in [5.41, 5.74) is 3.00. The van der Waals surface area contributed by atoms with Gasteiger partial charge in [-0.15, -0.1) is 0 Å². The van der Waals surface area contributed by atoms with Gasteiger partial charge >= 0.3 is 0 Å². The Bertz CT molecular complexity index is 712. The van der Waals surface area contributed by atoms with Gasteiger partial charge in [0.15, 0.2) is 0 Å². The van der Waals surface area contributed by atoms with E-state index in [2.05, 4.69) is 34.1 Å². The second-order valence-corrected chi connectivity index (χ2v) is 6.66. The molecule has 0 saturated carbocycles. The van der Waals surface area contributed by atoms with Crippen LogP contribution in [0.4, 0.5) is 0 Å². The van der Waals surface area contributed by atoms with Crippen molar-refractivity contribution in [1.29, 1.82) is 0 Å². The zero-order valence-corrected chi connectivity index (χ0v) is 13.9. The lowest BCUT2D eigenvalue weighted by Crippen LogP contribution is -2.50. The van der Waals surface area contributed by atoms with Crippen LogP contribution < -0.4 is 0 Å². The predicted octanol–water partition coefficient (Wildman–Crippen LogP) is 2.05. The van der Waals surface area contributed by atoms with Crippen molar-refractivity contribution in [3.05, 3.63) is 59.4 Å². The molecule has 126 valence electrons. The molecule has 0 radical (unpaired) electrons. The number of aryl methyl sites for hydroxylation is 1. The number of ether oxygens (including phenoxy) is 1. The maximum Gasteiger partial charge on any atom is 0.255 e. The van der Waals surface area contributed by atoms with Crippen LogP contribution >= 0.6 is 0 Å². The van der Waals surface area contributed by atoms with Gasteiger partial charge in [-0.1, -0.05) is 30.3 Å². The molecule has 0 bridgehead atoms. The van der Waals surface area contributed by atoms with E-state index in [1.54, 1.807) is 0 Å². The minimum Gasteiger partial charge on any atom is -0.373 e. The van der Waals surface area contributed by atoms with Crippen LogP contribution in [0.15, 0.2) is 42.6 Å². The van der Waals surface area contributed by atoms with Crippen LogP contribution in [0.1, 0.15) is 21.6 Å². The number of carbonyl (C=O) groups excluding carboxylic acids is 1. The molecular formula is C19H23N3O2. The third kappa shape index (κ3) is 2.85. The number of hydrogen-bond acceptors (Lipinski definition) is 3. The summed E-state index contributed by atoms with van der Waals surface area (Å²) < 4.78 is 5.95. The number of aromatic nitrogens is 1. The largest absolute Gasteiger partial charge is 0.373 e. The fourth-order valence-corrected chi connectivity index (χ4v) is 3.79. The number of carbonyl (C=O) groups is 1. The first-order valence-electron chi connectivity index (χ1n) is 8.55. The van der Waals surface area contributed by atoms with Crippen LogP contribution in [0.5, 0.6) is 0 Å². The fraction of sp³-hybridized carbons (Fsp3) is 0.421. The lowest BCUT2D eigenvalue weighted by Gasteiger charge is -2.36. The summed E-state index contributed by atoms with van der Waals surface area (Å²) in [7, 11) is 0. The van der Waals surface area contributed by atoms with Crippen LogP contribution in [0.25, 0.3) is 0 Å². The number of H-pyrrole nitrogens is 1. The summed E-state index contributed by atoms with van der Waals surface area (Å²) in [4.78, 5) is 20.3. The van der Waals surface area contributed by atoms with Crippen molar-refractivity contribution in [3.8, 4) is 0 Å². The number of aromatic amines is 1. The molecule has 1 N–H and O–H groups in total. The Labute approximate surface area is 142 Å². The fourth-order valence-electron chi connectivity index (χ4n) is 3.79. The topological polar surface area (TPSA) is 48.6 Å². The molecule has 2 aromatic rings. The molecule has 24 heavy (non-hydrogen) atoms. The highest BCUT2D eigenvalue weighted by Gasteiger charge is 2.42. The van der Waals surface area contributed by atoms with Gasteiger partial charge in [-0.2, -0.15) is 0 Å². The van der Waals surface area contributed by atoms with E-state index in [-0.39, 0.29) is 18.1 Å². The van der Waals surface area contributed by atoms with E-state index in [9.17, 15) is 4.79 Å². The van der Waals surface area contributed by atoms with E-state index < -0.39 is 0 Å². The van der Waals surface area contributed by atoms with E-state index in [4.69, 9.17) is 4.74 Å². The highest BCUT2D eigenvalue weighted by molar-refractivity contribution is 5.95. The molecule has 5 nitrogen and oxygen atoms in total. The quantitative estimate of drug-likeness (QED) is 0.939. The number of benzene rings is 1. The van der Waals surface area contributed by atoms with Gasteiger partial charge in [-0.25, -0.2) is 0 Å². The number of fused-ring (bicyclic) bond motifs is 1. The summed E-state index contributed by atoms with van der Waals surface area (Å²) in [5.74, 6) is 0.103. The van der Waals surface area contributed by atoms with Gasteiger partial charge in [0.25, 0.3) is 5.91 Å². The zero-order valence-electron chi connectivity index (χ0n) is 13.9. The molecule has 1 amide bonds. The monoisotopic (exact) mass is 325 g/mol. The summed E-state index contributed by atoms with van der Waals surface area (Å²) in [5, 5.41) is 0. The lowest BCUT2D eigenvalue weighted by molar-refractivity contribution is -0.0503. The zero-order chi connectivity index (χ0) is 16.5. The standard InChI is InChI=1S/C19H23N3O2/c1-14-16(7-8-20-14)19(23)22-12-17-18(13-22)24-10-9-21(17)11-15-5-3-2-4-6-15/h2-8,17-18,20H,9-13H2,1H3. The highest BCUT2D eigenvalue weighted by Crippen LogP contribution is 2.26. The van der Waals surface area contributed by atoms with E-state index in [0.29, 0.717) is 6.54 Å². The van der Waals surface area contributed by atoms with Crippen molar-refractivity contribution >= 4 is 5.91 Å². The van der Waals surface area contributed by atoms with Crippen molar-refractivity contribution in [3.63, 3.8) is 0 Å². The molecular weight excluding hydrogens is 302 g/mol. The summed E-state index contributed by atoms with van der Waals surface area (Å²) in [6.45, 7) is 5.92. The number of likely N-dealkylation sites (tertiary alicyclic amines) is 1. The van der Waals surface area contributed by atoms with Gasteiger partial charge in [0.2, 0.25) is 0 Å².